The van der Waals surface area contributed by atoms with Crippen molar-refractivity contribution in [3.63, 3.8) is 0 Å². The van der Waals surface area contributed by atoms with Gasteiger partial charge in [0.2, 0.25) is 0 Å². The van der Waals surface area contributed by atoms with Crippen LogP contribution in [0.2, 0.25) is 0 Å². The van der Waals surface area contributed by atoms with E-state index >= 15 is 0 Å². The second-order valence-corrected chi connectivity index (χ2v) is 4.10. The molecular formula is C13H14F2N2O2S. The summed E-state index contributed by atoms with van der Waals surface area (Å²) in [6, 6.07) is 3.57. The third kappa shape index (κ3) is 3.80. The van der Waals surface area contributed by atoms with Crippen molar-refractivity contribution in [1.29, 1.82) is 0 Å². The number of esters is 1. The van der Waals surface area contributed by atoms with Gasteiger partial charge in [-0.2, -0.15) is 4.40 Å². The molecule has 0 bridgehead atoms. The van der Waals surface area contributed by atoms with Gasteiger partial charge in [0.05, 0.1) is 18.4 Å². The minimum absolute atomic E-state index is 0.0199. The maximum atomic E-state index is 13.6. The molecule has 20 heavy (non-hydrogen) atoms. The smallest absolute Gasteiger partial charge is 0.337 e. The maximum Gasteiger partial charge on any atom is 0.337 e. The van der Waals surface area contributed by atoms with Gasteiger partial charge in [0.1, 0.15) is 5.82 Å². The third-order valence-electron chi connectivity index (χ3n) is 2.60. The fourth-order valence-corrected chi connectivity index (χ4v) is 1.95. The summed E-state index contributed by atoms with van der Waals surface area (Å²) in [4.78, 5) is 11.5. The van der Waals surface area contributed by atoms with E-state index in [2.05, 4.69) is 9.13 Å². The number of allylic oxidation sites excluding steroid dienone is 1. The van der Waals surface area contributed by atoms with E-state index in [0.717, 1.165) is 12.1 Å². The van der Waals surface area contributed by atoms with Crippen LogP contribution in [-0.2, 0) is 4.74 Å². The molecule has 0 heterocycles. The van der Waals surface area contributed by atoms with E-state index in [9.17, 15) is 13.1 Å². The van der Waals surface area contributed by atoms with Crippen molar-refractivity contribution >= 4 is 24.0 Å². The molecule has 108 valence electrons. The number of benzene rings is 1. The van der Waals surface area contributed by atoms with Gasteiger partial charge < -0.3 is 10.5 Å². The normalized spacial score (nSPS) is 12.4. The zero-order chi connectivity index (χ0) is 15.1. The molecule has 0 atom stereocenters. The molecule has 0 saturated carbocycles. The predicted molar refractivity (Wildman–Crippen MR) is 75.5 cm³/mol. The first-order valence-electron chi connectivity index (χ1n) is 5.73. The van der Waals surface area contributed by atoms with E-state index in [-0.39, 0.29) is 29.2 Å². The third-order valence-corrected chi connectivity index (χ3v) is 2.86. The average Bonchev–Trinajstić information content (AvgIpc) is 2.46. The SMILES string of the molecule is CCC(=CN)C(=NSF)c1cc(F)cc(C(=O)OC)c1. The van der Waals surface area contributed by atoms with Gasteiger partial charge in [-0.1, -0.05) is 6.92 Å². The van der Waals surface area contributed by atoms with Gasteiger partial charge in [0.25, 0.3) is 0 Å². The molecule has 2 N–H and O–H groups in total. The quantitative estimate of drug-likeness (QED) is 0.515. The van der Waals surface area contributed by atoms with E-state index in [0.29, 0.717) is 12.0 Å². The number of halogens is 2. The molecule has 7 heteroatoms. The van der Waals surface area contributed by atoms with Crippen molar-refractivity contribution in [1.82, 2.24) is 0 Å². The van der Waals surface area contributed by atoms with Gasteiger partial charge >= 0.3 is 5.97 Å². The van der Waals surface area contributed by atoms with Crippen LogP contribution in [-0.4, -0.2) is 18.8 Å². The van der Waals surface area contributed by atoms with Crippen molar-refractivity contribution in [2.45, 2.75) is 13.3 Å². The molecule has 0 unspecified atom stereocenters. The fourth-order valence-electron chi connectivity index (χ4n) is 1.66. The minimum Gasteiger partial charge on any atom is -0.465 e. The monoisotopic (exact) mass is 300 g/mol. The van der Waals surface area contributed by atoms with Gasteiger partial charge in [0, 0.05) is 5.56 Å². The Morgan fingerprint density at radius 1 is 1.45 bits per heavy atom. The van der Waals surface area contributed by atoms with Crippen molar-refractivity contribution in [3.05, 3.63) is 46.9 Å². The zero-order valence-corrected chi connectivity index (χ0v) is 11.8. The van der Waals surface area contributed by atoms with E-state index in [1.807, 2.05) is 0 Å². The number of methoxy groups -OCH3 is 1. The Kier molecular flexibility index (Phi) is 6.17. The first-order valence-corrected chi connectivity index (χ1v) is 6.40. The predicted octanol–water partition coefficient (Wildman–Crippen LogP) is 3.19. The molecule has 0 fully saturated rings. The first kappa shape index (κ1) is 16.2. The largest absolute Gasteiger partial charge is 0.465 e. The summed E-state index contributed by atoms with van der Waals surface area (Å²) < 4.78 is 34.2. The number of carbonyl (C=O) groups excluding carboxylic acids is 1. The van der Waals surface area contributed by atoms with Crippen molar-refractivity contribution < 1.29 is 17.8 Å². The van der Waals surface area contributed by atoms with E-state index in [4.69, 9.17) is 5.73 Å². The number of nitrogens with zero attached hydrogens (tertiary/aromatic N) is 1. The molecule has 0 spiro atoms. The second-order valence-electron chi connectivity index (χ2n) is 3.77. The Morgan fingerprint density at radius 3 is 2.60 bits per heavy atom. The lowest BCUT2D eigenvalue weighted by molar-refractivity contribution is 0.0600. The van der Waals surface area contributed by atoms with Gasteiger partial charge in [-0.15, -0.1) is 3.89 Å². The van der Waals surface area contributed by atoms with Crippen LogP contribution < -0.4 is 5.73 Å². The molecule has 0 amide bonds. The fraction of sp³-hybridized carbons (Fsp3) is 0.231. The van der Waals surface area contributed by atoms with Crippen LogP contribution >= 0.6 is 12.3 Å². The zero-order valence-electron chi connectivity index (χ0n) is 11.0. The number of hydrogen-bond acceptors (Lipinski definition) is 5. The van der Waals surface area contributed by atoms with E-state index < -0.39 is 11.8 Å². The summed E-state index contributed by atoms with van der Waals surface area (Å²) in [6.45, 7) is 1.80. The van der Waals surface area contributed by atoms with E-state index in [1.54, 1.807) is 6.92 Å². The standard InChI is InChI=1S/C13H14F2N2O2S/c1-3-8(7-16)12(17-20-15)9-4-10(13(18)19-2)6-11(14)5-9/h4-7H,3,16H2,1-2H3. The second kappa shape index (κ2) is 7.64. The summed E-state index contributed by atoms with van der Waals surface area (Å²) in [5.41, 5.74) is 6.46. The summed E-state index contributed by atoms with van der Waals surface area (Å²) in [7, 11) is 1.19. The van der Waals surface area contributed by atoms with Crippen molar-refractivity contribution in [2.24, 2.45) is 10.1 Å². The molecule has 0 radical (unpaired) electrons. The van der Waals surface area contributed by atoms with Crippen LogP contribution in [0.5, 0.6) is 0 Å². The Balaban J connectivity index is 3.38. The molecule has 0 saturated heterocycles. The molecular weight excluding hydrogens is 286 g/mol. The number of nitrogens with two attached hydrogens (primary N) is 1. The summed E-state index contributed by atoms with van der Waals surface area (Å²) in [6.07, 6.45) is 1.76. The van der Waals surface area contributed by atoms with Crippen molar-refractivity contribution in [2.75, 3.05) is 7.11 Å². The van der Waals surface area contributed by atoms with Crippen molar-refractivity contribution in [3.8, 4) is 0 Å². The molecule has 1 aromatic carbocycles. The summed E-state index contributed by atoms with van der Waals surface area (Å²) in [5, 5.41) is 0. The molecule has 1 rings (SSSR count). The highest BCUT2D eigenvalue weighted by Gasteiger charge is 2.15. The average molecular weight is 300 g/mol. The Morgan fingerprint density at radius 2 is 2.10 bits per heavy atom. The first-order chi connectivity index (χ1) is 9.57. The van der Waals surface area contributed by atoms with Crippen LogP contribution in [0.4, 0.5) is 8.28 Å². The summed E-state index contributed by atoms with van der Waals surface area (Å²) >= 11 is -0.258. The number of carbonyl (C=O) groups is 1. The molecule has 0 aliphatic heterocycles. The van der Waals surface area contributed by atoms with Crippen LogP contribution in [0, 0.1) is 5.82 Å². The van der Waals surface area contributed by atoms with Crippen LogP contribution in [0.25, 0.3) is 0 Å². The van der Waals surface area contributed by atoms with Gasteiger partial charge in [-0.25, -0.2) is 9.18 Å². The minimum atomic E-state index is -0.687. The lowest BCUT2D eigenvalue weighted by Gasteiger charge is -2.09. The van der Waals surface area contributed by atoms with E-state index in [1.165, 1.54) is 19.4 Å². The molecule has 0 aliphatic rings. The number of ether oxygens (including phenoxy) is 1. The molecule has 1 aromatic rings. The van der Waals surface area contributed by atoms with Gasteiger partial charge in [0.15, 0.2) is 12.3 Å². The number of rotatable bonds is 5. The lowest BCUT2D eigenvalue weighted by atomic mass is 9.99. The Hall–Kier alpha value is -1.89. The topological polar surface area (TPSA) is 64.7 Å². The van der Waals surface area contributed by atoms with Crippen LogP contribution in [0.3, 0.4) is 0 Å². The molecule has 0 aromatic heterocycles. The highest BCUT2D eigenvalue weighted by molar-refractivity contribution is 7.93. The lowest BCUT2D eigenvalue weighted by Crippen LogP contribution is -2.09. The number of hydrogen-bond donors (Lipinski definition) is 1. The highest BCUT2D eigenvalue weighted by atomic mass is 32.2. The Labute approximate surface area is 120 Å². The van der Waals surface area contributed by atoms with Gasteiger partial charge in [-0.05, 0) is 36.4 Å². The summed E-state index contributed by atoms with van der Waals surface area (Å²) in [5.74, 6) is -1.33. The Bertz CT molecular complexity index is 559. The maximum absolute atomic E-state index is 13.6. The molecule has 4 nitrogen and oxygen atoms in total. The highest BCUT2D eigenvalue weighted by Crippen LogP contribution is 2.19. The van der Waals surface area contributed by atoms with Crippen LogP contribution in [0.15, 0.2) is 34.4 Å². The van der Waals surface area contributed by atoms with Gasteiger partial charge in [-0.3, -0.25) is 0 Å². The van der Waals surface area contributed by atoms with Crippen LogP contribution in [0.1, 0.15) is 29.3 Å². The molecule has 0 aliphatic carbocycles.